The van der Waals surface area contributed by atoms with Gasteiger partial charge in [-0.2, -0.15) is 0 Å². The molecule has 0 aliphatic rings. The molecule has 0 spiro atoms. The molecule has 0 unspecified atom stereocenters. The molecule has 2 amide bonds. The minimum Gasteiger partial charge on any atom is -0.484 e. The molecule has 27 heavy (non-hydrogen) atoms. The number of benzene rings is 2. The maximum absolute atomic E-state index is 12.8. The van der Waals surface area contributed by atoms with E-state index in [4.69, 9.17) is 4.74 Å². The highest BCUT2D eigenvalue weighted by molar-refractivity contribution is 7.91. The van der Waals surface area contributed by atoms with E-state index < -0.39 is 52.1 Å². The number of carbonyl (C=O) groups is 2. The van der Waals surface area contributed by atoms with Crippen molar-refractivity contribution in [2.75, 3.05) is 12.4 Å². The largest absolute Gasteiger partial charge is 0.484 e. The SMILES string of the molecule is O=C(CCS(=O)(=O)c1ccc(F)cc1)NNC(=O)COc1ccc(F)cc1. The van der Waals surface area contributed by atoms with Gasteiger partial charge in [0.25, 0.3) is 5.91 Å². The highest BCUT2D eigenvalue weighted by atomic mass is 32.2. The number of nitrogens with one attached hydrogen (secondary N) is 2. The predicted octanol–water partition coefficient (Wildman–Crippen LogP) is 1.35. The van der Waals surface area contributed by atoms with E-state index in [1.807, 2.05) is 0 Å². The lowest BCUT2D eigenvalue weighted by Gasteiger charge is -2.09. The van der Waals surface area contributed by atoms with Crippen LogP contribution < -0.4 is 15.6 Å². The molecular weight excluding hydrogens is 382 g/mol. The van der Waals surface area contributed by atoms with E-state index in [2.05, 4.69) is 10.9 Å². The Bertz CT molecular complexity index is 900. The van der Waals surface area contributed by atoms with Crippen LogP contribution in [-0.2, 0) is 19.4 Å². The standard InChI is InChI=1S/C17H16F2N2O5S/c18-12-1-5-14(6-2-12)26-11-17(23)21-20-16(22)9-10-27(24,25)15-7-3-13(19)4-8-15/h1-8H,9-11H2,(H,20,22)(H,21,23). The van der Waals surface area contributed by atoms with Gasteiger partial charge in [0.2, 0.25) is 5.91 Å². The van der Waals surface area contributed by atoms with Crippen LogP contribution in [0.2, 0.25) is 0 Å². The lowest BCUT2D eigenvalue weighted by molar-refractivity contribution is -0.129. The minimum atomic E-state index is -3.76. The van der Waals surface area contributed by atoms with Crippen LogP contribution in [0.4, 0.5) is 8.78 Å². The third kappa shape index (κ3) is 6.66. The first kappa shape index (κ1) is 20.3. The number of carbonyl (C=O) groups excluding carboxylic acids is 2. The Hall–Kier alpha value is -3.01. The quantitative estimate of drug-likeness (QED) is 0.542. The van der Waals surface area contributed by atoms with Crippen molar-refractivity contribution >= 4 is 21.7 Å². The van der Waals surface area contributed by atoms with Crippen molar-refractivity contribution in [3.63, 3.8) is 0 Å². The molecule has 2 aromatic rings. The van der Waals surface area contributed by atoms with Gasteiger partial charge in [-0.25, -0.2) is 17.2 Å². The molecule has 0 saturated carbocycles. The van der Waals surface area contributed by atoms with Crippen molar-refractivity contribution in [1.82, 2.24) is 10.9 Å². The van der Waals surface area contributed by atoms with E-state index in [9.17, 15) is 26.8 Å². The van der Waals surface area contributed by atoms with Crippen LogP contribution in [-0.4, -0.2) is 32.6 Å². The molecule has 0 aliphatic carbocycles. The first-order chi connectivity index (χ1) is 12.8. The molecule has 10 heteroatoms. The maximum atomic E-state index is 12.8. The van der Waals surface area contributed by atoms with Gasteiger partial charge in [0, 0.05) is 6.42 Å². The molecule has 2 aromatic carbocycles. The fourth-order valence-corrected chi connectivity index (χ4v) is 3.15. The molecule has 144 valence electrons. The van der Waals surface area contributed by atoms with Crippen LogP contribution in [0.3, 0.4) is 0 Å². The lowest BCUT2D eigenvalue weighted by atomic mass is 10.3. The van der Waals surface area contributed by atoms with Crippen molar-refractivity contribution in [1.29, 1.82) is 0 Å². The second-order valence-corrected chi connectivity index (χ2v) is 7.47. The van der Waals surface area contributed by atoms with Crippen LogP contribution in [0.25, 0.3) is 0 Å². The first-order valence-electron chi connectivity index (χ1n) is 7.70. The average molecular weight is 398 g/mol. The Kier molecular flexibility index (Phi) is 6.83. The topological polar surface area (TPSA) is 102 Å². The van der Waals surface area contributed by atoms with Gasteiger partial charge in [-0.1, -0.05) is 0 Å². The molecule has 0 bridgehead atoms. The molecule has 2 N–H and O–H groups in total. The van der Waals surface area contributed by atoms with Gasteiger partial charge in [-0.15, -0.1) is 0 Å². The normalized spacial score (nSPS) is 10.9. The number of hydrogen-bond donors (Lipinski definition) is 2. The lowest BCUT2D eigenvalue weighted by Crippen LogP contribution is -2.44. The third-order valence-electron chi connectivity index (χ3n) is 3.30. The fourth-order valence-electron chi connectivity index (χ4n) is 1.90. The van der Waals surface area contributed by atoms with E-state index in [0.717, 1.165) is 36.4 Å². The van der Waals surface area contributed by atoms with Gasteiger partial charge in [-0.05, 0) is 48.5 Å². The van der Waals surface area contributed by atoms with Crippen LogP contribution in [0, 0.1) is 11.6 Å². The van der Waals surface area contributed by atoms with Gasteiger partial charge < -0.3 is 4.74 Å². The van der Waals surface area contributed by atoms with E-state index in [0.29, 0.717) is 0 Å². The Morgan fingerprint density at radius 2 is 1.37 bits per heavy atom. The number of sulfone groups is 1. The van der Waals surface area contributed by atoms with Crippen LogP contribution in [0.15, 0.2) is 53.4 Å². The van der Waals surface area contributed by atoms with Crippen LogP contribution in [0.1, 0.15) is 6.42 Å². The van der Waals surface area contributed by atoms with Crippen LogP contribution in [0.5, 0.6) is 5.75 Å². The summed E-state index contributed by atoms with van der Waals surface area (Å²) < 4.78 is 54.7. The van der Waals surface area contributed by atoms with Crippen molar-refractivity contribution in [3.05, 3.63) is 60.2 Å². The molecule has 0 aromatic heterocycles. The van der Waals surface area contributed by atoms with Crippen molar-refractivity contribution in [2.45, 2.75) is 11.3 Å². The van der Waals surface area contributed by atoms with Crippen LogP contribution >= 0.6 is 0 Å². The molecule has 0 saturated heterocycles. The number of ether oxygens (including phenoxy) is 1. The Balaban J connectivity index is 1.72. The summed E-state index contributed by atoms with van der Waals surface area (Å²) in [6, 6.07) is 9.23. The number of rotatable bonds is 7. The highest BCUT2D eigenvalue weighted by Crippen LogP contribution is 2.13. The predicted molar refractivity (Wildman–Crippen MR) is 91.3 cm³/mol. The second-order valence-electron chi connectivity index (χ2n) is 5.36. The molecule has 0 radical (unpaired) electrons. The first-order valence-corrected chi connectivity index (χ1v) is 9.36. The number of hydrazine groups is 1. The van der Waals surface area contributed by atoms with E-state index in [-0.39, 0.29) is 10.6 Å². The number of hydrogen-bond acceptors (Lipinski definition) is 5. The van der Waals surface area contributed by atoms with Gasteiger partial charge in [0.1, 0.15) is 17.4 Å². The zero-order valence-electron chi connectivity index (χ0n) is 13.9. The highest BCUT2D eigenvalue weighted by Gasteiger charge is 2.17. The summed E-state index contributed by atoms with van der Waals surface area (Å²) in [6.07, 6.45) is -0.404. The summed E-state index contributed by atoms with van der Waals surface area (Å²) in [5.41, 5.74) is 4.12. The second kappa shape index (κ2) is 9.08. The number of halogens is 2. The summed E-state index contributed by atoms with van der Waals surface area (Å²) in [6.45, 7) is -0.431. The minimum absolute atomic E-state index is 0.103. The van der Waals surface area contributed by atoms with Crippen molar-refractivity contribution in [2.24, 2.45) is 0 Å². The smallest absolute Gasteiger partial charge is 0.276 e. The molecule has 0 heterocycles. The zero-order valence-corrected chi connectivity index (χ0v) is 14.8. The van der Waals surface area contributed by atoms with E-state index in [1.165, 1.54) is 12.1 Å². The van der Waals surface area contributed by atoms with Gasteiger partial charge >= 0.3 is 0 Å². The van der Waals surface area contributed by atoms with Gasteiger partial charge in [0.05, 0.1) is 10.6 Å². The molecule has 7 nitrogen and oxygen atoms in total. The average Bonchev–Trinajstić information content (AvgIpc) is 2.64. The maximum Gasteiger partial charge on any atom is 0.276 e. The Labute approximate surface area is 154 Å². The Morgan fingerprint density at radius 3 is 1.96 bits per heavy atom. The molecule has 2 rings (SSSR count). The summed E-state index contributed by atoms with van der Waals surface area (Å²) >= 11 is 0. The van der Waals surface area contributed by atoms with Gasteiger partial charge in [0.15, 0.2) is 16.4 Å². The summed E-state index contributed by atoms with van der Waals surface area (Å²) in [7, 11) is -3.76. The molecule has 0 fully saturated rings. The molecule has 0 atom stereocenters. The summed E-state index contributed by atoms with van der Waals surface area (Å²) in [5.74, 6) is -2.67. The third-order valence-corrected chi connectivity index (χ3v) is 5.03. The monoisotopic (exact) mass is 398 g/mol. The van der Waals surface area contributed by atoms with E-state index in [1.54, 1.807) is 0 Å². The van der Waals surface area contributed by atoms with E-state index >= 15 is 0 Å². The molecular formula is C17H16F2N2O5S. The molecule has 0 aliphatic heterocycles. The van der Waals surface area contributed by atoms with Crippen molar-refractivity contribution < 1.29 is 31.5 Å². The number of amides is 2. The fraction of sp³-hybridized carbons (Fsp3) is 0.176. The summed E-state index contributed by atoms with van der Waals surface area (Å²) in [4.78, 5) is 23.1. The summed E-state index contributed by atoms with van der Waals surface area (Å²) in [5, 5.41) is 0. The zero-order chi connectivity index (χ0) is 19.9. The Morgan fingerprint density at radius 1 is 0.852 bits per heavy atom. The van der Waals surface area contributed by atoms with Gasteiger partial charge in [-0.3, -0.25) is 20.4 Å². The van der Waals surface area contributed by atoms with Crippen molar-refractivity contribution in [3.8, 4) is 5.75 Å².